The predicted molar refractivity (Wildman–Crippen MR) is 97.3 cm³/mol. The molecule has 5 nitrogen and oxygen atoms in total. The maximum Gasteiger partial charge on any atom is 0.280 e. The Morgan fingerprint density at radius 1 is 1.12 bits per heavy atom. The third kappa shape index (κ3) is 2.76. The van der Waals surface area contributed by atoms with Gasteiger partial charge >= 0.3 is 0 Å². The summed E-state index contributed by atoms with van der Waals surface area (Å²) in [6.07, 6.45) is 1.80. The smallest absolute Gasteiger partial charge is 0.280 e. The van der Waals surface area contributed by atoms with Crippen molar-refractivity contribution in [3.05, 3.63) is 58.1 Å². The van der Waals surface area contributed by atoms with Crippen molar-refractivity contribution in [1.82, 2.24) is 0 Å². The molecular formula is C19H15ClN2O3. The summed E-state index contributed by atoms with van der Waals surface area (Å²) in [5, 5.41) is 6.36. The summed E-state index contributed by atoms with van der Waals surface area (Å²) in [6, 6.07) is 11.0. The molecule has 2 aromatic carbocycles. The molecule has 4 rings (SSSR count). The lowest BCUT2D eigenvalue weighted by atomic mass is 10.1. The predicted octanol–water partition coefficient (Wildman–Crippen LogP) is 4.18. The largest absolute Gasteiger partial charge is 0.454 e. The second-order valence-electron chi connectivity index (χ2n) is 5.91. The number of nitrogens with zero attached hydrogens (tertiary/aromatic N) is 2. The Bertz CT molecular complexity index is 950. The summed E-state index contributed by atoms with van der Waals surface area (Å²) in [7, 11) is 0. The van der Waals surface area contributed by atoms with Crippen LogP contribution in [0.3, 0.4) is 0 Å². The van der Waals surface area contributed by atoms with Crippen LogP contribution in [0.2, 0.25) is 5.02 Å². The van der Waals surface area contributed by atoms with Gasteiger partial charge in [-0.1, -0.05) is 23.7 Å². The Morgan fingerprint density at radius 3 is 2.72 bits per heavy atom. The van der Waals surface area contributed by atoms with Gasteiger partial charge in [0.2, 0.25) is 6.79 Å². The van der Waals surface area contributed by atoms with E-state index in [1.165, 1.54) is 5.01 Å². The molecule has 2 aliphatic rings. The van der Waals surface area contributed by atoms with Crippen molar-refractivity contribution >= 4 is 35.0 Å². The van der Waals surface area contributed by atoms with Gasteiger partial charge in [-0.2, -0.15) is 10.1 Å². The Labute approximate surface area is 150 Å². The second kappa shape index (κ2) is 5.93. The first-order valence-corrected chi connectivity index (χ1v) is 8.18. The van der Waals surface area contributed by atoms with Crippen molar-refractivity contribution in [2.75, 3.05) is 11.8 Å². The fraction of sp³-hybridized carbons (Fsp3) is 0.158. The molecule has 0 fully saturated rings. The van der Waals surface area contributed by atoms with Gasteiger partial charge in [-0.3, -0.25) is 4.79 Å². The van der Waals surface area contributed by atoms with Crippen LogP contribution in [0.15, 0.2) is 47.1 Å². The van der Waals surface area contributed by atoms with E-state index in [-0.39, 0.29) is 12.7 Å². The molecule has 0 aliphatic carbocycles. The summed E-state index contributed by atoms with van der Waals surface area (Å²) in [4.78, 5) is 12.8. The van der Waals surface area contributed by atoms with E-state index in [1.807, 2.05) is 44.2 Å². The van der Waals surface area contributed by atoms with Gasteiger partial charge in [0.05, 0.1) is 17.0 Å². The Morgan fingerprint density at radius 2 is 1.92 bits per heavy atom. The Hall–Kier alpha value is -2.79. The molecule has 0 unspecified atom stereocenters. The van der Waals surface area contributed by atoms with Crippen LogP contribution in [0.1, 0.15) is 18.1 Å². The maximum atomic E-state index is 12.8. The van der Waals surface area contributed by atoms with Crippen LogP contribution in [0, 0.1) is 6.92 Å². The summed E-state index contributed by atoms with van der Waals surface area (Å²) >= 11 is 6.17. The zero-order chi connectivity index (χ0) is 17.6. The van der Waals surface area contributed by atoms with E-state index in [4.69, 9.17) is 21.1 Å². The molecule has 2 heterocycles. The van der Waals surface area contributed by atoms with E-state index in [0.717, 1.165) is 11.1 Å². The molecule has 0 spiro atoms. The number of aryl methyl sites for hydroxylation is 1. The van der Waals surface area contributed by atoms with Gasteiger partial charge < -0.3 is 9.47 Å². The molecule has 0 N–H and O–H groups in total. The zero-order valence-electron chi connectivity index (χ0n) is 13.7. The number of hydrogen-bond donors (Lipinski definition) is 0. The van der Waals surface area contributed by atoms with E-state index < -0.39 is 0 Å². The Balaban J connectivity index is 1.67. The number of hydrogen-bond acceptors (Lipinski definition) is 4. The normalized spacial score (nSPS) is 17.4. The number of hydrazone groups is 1. The number of amides is 1. The van der Waals surface area contributed by atoms with Crippen LogP contribution in [-0.2, 0) is 4.79 Å². The maximum absolute atomic E-state index is 12.8. The van der Waals surface area contributed by atoms with Crippen LogP contribution in [0.25, 0.3) is 6.08 Å². The number of halogens is 1. The quantitative estimate of drug-likeness (QED) is 0.760. The Kier molecular flexibility index (Phi) is 3.73. The molecule has 0 saturated heterocycles. The van der Waals surface area contributed by atoms with Crippen LogP contribution in [0.4, 0.5) is 5.69 Å². The van der Waals surface area contributed by atoms with Crippen molar-refractivity contribution < 1.29 is 14.3 Å². The third-order valence-corrected chi connectivity index (χ3v) is 4.58. The van der Waals surface area contributed by atoms with Crippen LogP contribution in [-0.4, -0.2) is 18.4 Å². The van der Waals surface area contributed by atoms with Crippen LogP contribution in [0.5, 0.6) is 11.5 Å². The van der Waals surface area contributed by atoms with Gasteiger partial charge in [-0.05, 0) is 55.3 Å². The zero-order valence-corrected chi connectivity index (χ0v) is 14.5. The molecular weight excluding hydrogens is 340 g/mol. The topological polar surface area (TPSA) is 51.1 Å². The molecule has 126 valence electrons. The van der Waals surface area contributed by atoms with Gasteiger partial charge in [-0.25, -0.2) is 0 Å². The average molecular weight is 355 g/mol. The van der Waals surface area contributed by atoms with Gasteiger partial charge in [0, 0.05) is 5.02 Å². The summed E-state index contributed by atoms with van der Waals surface area (Å²) in [6.45, 7) is 3.95. The molecule has 1 amide bonds. The van der Waals surface area contributed by atoms with Crippen molar-refractivity contribution in [2.45, 2.75) is 13.8 Å². The fourth-order valence-electron chi connectivity index (χ4n) is 2.74. The van der Waals surface area contributed by atoms with E-state index in [1.54, 1.807) is 12.1 Å². The van der Waals surface area contributed by atoms with Crippen molar-refractivity contribution in [2.24, 2.45) is 5.10 Å². The molecule has 2 aliphatic heterocycles. The van der Waals surface area contributed by atoms with E-state index in [9.17, 15) is 4.79 Å². The van der Waals surface area contributed by atoms with E-state index in [0.29, 0.717) is 33.5 Å². The second-order valence-corrected chi connectivity index (χ2v) is 6.31. The van der Waals surface area contributed by atoms with Crippen molar-refractivity contribution in [3.63, 3.8) is 0 Å². The lowest BCUT2D eigenvalue weighted by molar-refractivity contribution is -0.114. The van der Waals surface area contributed by atoms with Gasteiger partial charge in [0.1, 0.15) is 0 Å². The first-order chi connectivity index (χ1) is 12.0. The molecule has 0 atom stereocenters. The minimum absolute atomic E-state index is 0.185. The monoisotopic (exact) mass is 354 g/mol. The van der Waals surface area contributed by atoms with Crippen LogP contribution >= 0.6 is 11.6 Å². The molecule has 25 heavy (non-hydrogen) atoms. The van der Waals surface area contributed by atoms with Crippen molar-refractivity contribution in [1.29, 1.82) is 0 Å². The van der Waals surface area contributed by atoms with Gasteiger partial charge in [0.25, 0.3) is 5.91 Å². The van der Waals surface area contributed by atoms with E-state index >= 15 is 0 Å². The minimum atomic E-state index is -0.185. The summed E-state index contributed by atoms with van der Waals surface area (Å²) in [5.74, 6) is 1.20. The molecule has 0 aromatic heterocycles. The number of carbonyl (C=O) groups is 1. The fourth-order valence-corrected chi connectivity index (χ4v) is 2.92. The highest BCUT2D eigenvalue weighted by Gasteiger charge is 2.29. The summed E-state index contributed by atoms with van der Waals surface area (Å²) < 4.78 is 10.7. The van der Waals surface area contributed by atoms with Crippen molar-refractivity contribution in [3.8, 4) is 11.5 Å². The highest BCUT2D eigenvalue weighted by Crippen LogP contribution is 2.34. The first-order valence-electron chi connectivity index (χ1n) is 7.80. The number of benzene rings is 2. The number of rotatable bonds is 2. The number of anilines is 1. The first kappa shape index (κ1) is 15.7. The standard InChI is InChI=1S/C19H15ClN2O3/c1-11-3-5-14(9-16(11)20)22-19(23)15(12(2)21-22)7-13-4-6-17-18(8-13)25-10-24-17/h3-9H,10H2,1-2H3. The molecule has 2 aromatic rings. The molecule has 0 bridgehead atoms. The van der Waals surface area contributed by atoms with Crippen LogP contribution < -0.4 is 14.5 Å². The highest BCUT2D eigenvalue weighted by molar-refractivity contribution is 6.33. The number of fused-ring (bicyclic) bond motifs is 1. The SMILES string of the molecule is CC1=NN(c2ccc(C)c(Cl)c2)C(=O)C1=Cc1ccc2c(c1)OCO2. The molecule has 6 heteroatoms. The lowest BCUT2D eigenvalue weighted by Gasteiger charge is -2.12. The highest BCUT2D eigenvalue weighted by atomic mass is 35.5. The van der Waals surface area contributed by atoms with Gasteiger partial charge in [0.15, 0.2) is 11.5 Å². The summed E-state index contributed by atoms with van der Waals surface area (Å²) in [5.41, 5.74) is 3.64. The average Bonchev–Trinajstić information content (AvgIpc) is 3.16. The van der Waals surface area contributed by atoms with E-state index in [2.05, 4.69) is 5.10 Å². The number of carbonyl (C=O) groups excluding carboxylic acids is 1. The molecule has 0 saturated carbocycles. The molecule has 0 radical (unpaired) electrons. The minimum Gasteiger partial charge on any atom is -0.454 e. The lowest BCUT2D eigenvalue weighted by Crippen LogP contribution is -2.21. The third-order valence-electron chi connectivity index (χ3n) is 4.17. The number of ether oxygens (including phenoxy) is 2. The van der Waals surface area contributed by atoms with Gasteiger partial charge in [-0.15, -0.1) is 0 Å².